The number of nitrogens with zero attached hydrogens (tertiary/aromatic N) is 2. The molecule has 1 aromatic rings. The van der Waals surface area contributed by atoms with E-state index in [0.29, 0.717) is 24.4 Å². The lowest BCUT2D eigenvalue weighted by atomic mass is 9.79. The standard InChI is InChI=1S/C16H29N3O/c1-12(2)16-15(10-19(3)18-16)9-17-8-13-6-4-5-7-14(13)11-20/h10,12-14,17,20H,4-9,11H2,1-3H3. The fourth-order valence-electron chi connectivity index (χ4n) is 3.36. The summed E-state index contributed by atoms with van der Waals surface area (Å²) in [5, 5.41) is 17.6. The van der Waals surface area contributed by atoms with E-state index < -0.39 is 0 Å². The first-order valence-electron chi connectivity index (χ1n) is 7.95. The van der Waals surface area contributed by atoms with E-state index in [-0.39, 0.29) is 0 Å². The van der Waals surface area contributed by atoms with Crippen LogP contribution in [0.15, 0.2) is 6.20 Å². The van der Waals surface area contributed by atoms with Crippen LogP contribution in [0.4, 0.5) is 0 Å². The van der Waals surface area contributed by atoms with Crippen LogP contribution in [0.2, 0.25) is 0 Å². The molecule has 0 bridgehead atoms. The van der Waals surface area contributed by atoms with Crippen LogP contribution in [0.3, 0.4) is 0 Å². The molecule has 1 heterocycles. The lowest BCUT2D eigenvalue weighted by Gasteiger charge is -2.30. The molecule has 0 saturated heterocycles. The maximum absolute atomic E-state index is 9.46. The second-order valence-electron chi connectivity index (χ2n) is 6.49. The maximum Gasteiger partial charge on any atom is 0.0694 e. The number of aromatic nitrogens is 2. The fourth-order valence-corrected chi connectivity index (χ4v) is 3.36. The van der Waals surface area contributed by atoms with Crippen LogP contribution < -0.4 is 5.32 Å². The molecule has 1 aromatic heterocycles. The highest BCUT2D eigenvalue weighted by molar-refractivity contribution is 5.19. The molecule has 1 aliphatic carbocycles. The van der Waals surface area contributed by atoms with E-state index >= 15 is 0 Å². The molecule has 1 fully saturated rings. The Hall–Kier alpha value is -0.870. The van der Waals surface area contributed by atoms with Crippen LogP contribution in [0.25, 0.3) is 0 Å². The fraction of sp³-hybridized carbons (Fsp3) is 0.812. The molecule has 1 saturated carbocycles. The van der Waals surface area contributed by atoms with Gasteiger partial charge in [0.15, 0.2) is 0 Å². The zero-order valence-corrected chi connectivity index (χ0v) is 13.1. The number of aryl methyl sites for hydroxylation is 1. The van der Waals surface area contributed by atoms with Crippen molar-refractivity contribution in [1.29, 1.82) is 0 Å². The van der Waals surface area contributed by atoms with Crippen molar-refractivity contribution in [3.63, 3.8) is 0 Å². The van der Waals surface area contributed by atoms with Gasteiger partial charge in [0.1, 0.15) is 0 Å². The molecule has 0 spiro atoms. The van der Waals surface area contributed by atoms with Gasteiger partial charge in [0, 0.05) is 32.0 Å². The Kier molecular flexibility index (Phi) is 5.61. The smallest absolute Gasteiger partial charge is 0.0694 e. The highest BCUT2D eigenvalue weighted by Gasteiger charge is 2.24. The summed E-state index contributed by atoms with van der Waals surface area (Å²) >= 11 is 0. The Morgan fingerprint density at radius 2 is 2.05 bits per heavy atom. The van der Waals surface area contributed by atoms with Gasteiger partial charge in [-0.05, 0) is 37.1 Å². The SMILES string of the molecule is CC(C)c1nn(C)cc1CNCC1CCCCC1CO. The second kappa shape index (κ2) is 7.23. The predicted octanol–water partition coefficient (Wildman–Crippen LogP) is 2.43. The average Bonchev–Trinajstić information content (AvgIpc) is 2.81. The molecule has 1 aliphatic rings. The van der Waals surface area contributed by atoms with Crippen LogP contribution in [-0.4, -0.2) is 28.0 Å². The van der Waals surface area contributed by atoms with E-state index in [0.717, 1.165) is 13.1 Å². The van der Waals surface area contributed by atoms with Gasteiger partial charge in [-0.25, -0.2) is 0 Å². The van der Waals surface area contributed by atoms with E-state index in [1.54, 1.807) is 0 Å². The lowest BCUT2D eigenvalue weighted by molar-refractivity contribution is 0.133. The summed E-state index contributed by atoms with van der Waals surface area (Å²) in [5.74, 6) is 1.59. The summed E-state index contributed by atoms with van der Waals surface area (Å²) < 4.78 is 1.91. The van der Waals surface area contributed by atoms with Crippen LogP contribution in [0.1, 0.15) is 56.7 Å². The van der Waals surface area contributed by atoms with Gasteiger partial charge in [-0.2, -0.15) is 5.10 Å². The first kappa shape index (κ1) is 15.5. The summed E-state index contributed by atoms with van der Waals surface area (Å²) in [6.45, 7) is 6.62. The van der Waals surface area contributed by atoms with Crippen LogP contribution in [0.5, 0.6) is 0 Å². The summed E-state index contributed by atoms with van der Waals surface area (Å²) in [7, 11) is 1.98. The first-order valence-corrected chi connectivity index (χ1v) is 7.95. The molecule has 2 rings (SSSR count). The normalized spacial score (nSPS) is 23.4. The van der Waals surface area contributed by atoms with Crippen molar-refractivity contribution in [3.05, 3.63) is 17.5 Å². The van der Waals surface area contributed by atoms with E-state index in [9.17, 15) is 5.11 Å². The third-order valence-corrected chi connectivity index (χ3v) is 4.51. The van der Waals surface area contributed by atoms with Crippen molar-refractivity contribution in [2.24, 2.45) is 18.9 Å². The molecule has 0 radical (unpaired) electrons. The van der Waals surface area contributed by atoms with Crippen molar-refractivity contribution < 1.29 is 5.11 Å². The summed E-state index contributed by atoms with van der Waals surface area (Å²) in [5.41, 5.74) is 2.50. The van der Waals surface area contributed by atoms with Gasteiger partial charge in [-0.15, -0.1) is 0 Å². The molecular weight excluding hydrogens is 250 g/mol. The maximum atomic E-state index is 9.46. The molecular formula is C16H29N3O. The number of aliphatic hydroxyl groups is 1. The van der Waals surface area contributed by atoms with Gasteiger partial charge in [-0.1, -0.05) is 26.7 Å². The highest BCUT2D eigenvalue weighted by Crippen LogP contribution is 2.29. The van der Waals surface area contributed by atoms with Gasteiger partial charge >= 0.3 is 0 Å². The largest absolute Gasteiger partial charge is 0.396 e. The third-order valence-electron chi connectivity index (χ3n) is 4.51. The lowest BCUT2D eigenvalue weighted by Crippen LogP contribution is -2.32. The number of rotatable bonds is 6. The molecule has 4 heteroatoms. The topological polar surface area (TPSA) is 50.1 Å². The second-order valence-corrected chi connectivity index (χ2v) is 6.49. The van der Waals surface area contributed by atoms with E-state index in [4.69, 9.17) is 0 Å². The molecule has 2 unspecified atom stereocenters. The molecule has 2 N–H and O–H groups in total. The van der Waals surface area contributed by atoms with Gasteiger partial charge in [0.25, 0.3) is 0 Å². The zero-order valence-electron chi connectivity index (χ0n) is 13.1. The number of hydrogen-bond donors (Lipinski definition) is 2. The van der Waals surface area contributed by atoms with Crippen molar-refractivity contribution in [1.82, 2.24) is 15.1 Å². The van der Waals surface area contributed by atoms with Crippen LogP contribution >= 0.6 is 0 Å². The summed E-state index contributed by atoms with van der Waals surface area (Å²) in [6.07, 6.45) is 7.15. The minimum Gasteiger partial charge on any atom is -0.396 e. The number of aliphatic hydroxyl groups excluding tert-OH is 1. The Morgan fingerprint density at radius 1 is 1.35 bits per heavy atom. The van der Waals surface area contributed by atoms with Crippen LogP contribution in [-0.2, 0) is 13.6 Å². The van der Waals surface area contributed by atoms with Crippen molar-refractivity contribution >= 4 is 0 Å². The third kappa shape index (κ3) is 3.83. The molecule has 0 aliphatic heterocycles. The molecule has 2 atom stereocenters. The minimum atomic E-state index is 0.344. The van der Waals surface area contributed by atoms with Crippen LogP contribution in [0, 0.1) is 11.8 Å². The number of nitrogens with one attached hydrogen (secondary N) is 1. The zero-order chi connectivity index (χ0) is 14.5. The van der Waals surface area contributed by atoms with E-state index in [1.165, 1.54) is 36.9 Å². The van der Waals surface area contributed by atoms with Crippen molar-refractivity contribution in [2.75, 3.05) is 13.2 Å². The Labute approximate surface area is 122 Å². The van der Waals surface area contributed by atoms with Gasteiger partial charge in [0.05, 0.1) is 5.69 Å². The molecule has 0 amide bonds. The Balaban J connectivity index is 1.86. The summed E-state index contributed by atoms with van der Waals surface area (Å²) in [6, 6.07) is 0. The van der Waals surface area contributed by atoms with Crippen molar-refractivity contribution in [2.45, 2.75) is 52.0 Å². The highest BCUT2D eigenvalue weighted by atomic mass is 16.3. The Bertz CT molecular complexity index is 414. The van der Waals surface area contributed by atoms with E-state index in [2.05, 4.69) is 30.5 Å². The van der Waals surface area contributed by atoms with Gasteiger partial charge in [0.2, 0.25) is 0 Å². The predicted molar refractivity (Wildman–Crippen MR) is 81.5 cm³/mol. The Morgan fingerprint density at radius 3 is 2.70 bits per heavy atom. The molecule has 4 nitrogen and oxygen atoms in total. The molecule has 114 valence electrons. The molecule has 0 aromatic carbocycles. The average molecular weight is 279 g/mol. The first-order chi connectivity index (χ1) is 9.61. The minimum absolute atomic E-state index is 0.344. The van der Waals surface area contributed by atoms with Crippen molar-refractivity contribution in [3.8, 4) is 0 Å². The summed E-state index contributed by atoms with van der Waals surface area (Å²) in [4.78, 5) is 0. The monoisotopic (exact) mass is 279 g/mol. The molecule has 20 heavy (non-hydrogen) atoms. The van der Waals surface area contributed by atoms with Gasteiger partial charge < -0.3 is 10.4 Å². The number of hydrogen-bond acceptors (Lipinski definition) is 3. The van der Waals surface area contributed by atoms with Gasteiger partial charge in [-0.3, -0.25) is 4.68 Å². The quantitative estimate of drug-likeness (QED) is 0.841. The van der Waals surface area contributed by atoms with E-state index in [1.807, 2.05) is 11.7 Å².